The van der Waals surface area contributed by atoms with Crippen LogP contribution in [0.2, 0.25) is 0 Å². The van der Waals surface area contributed by atoms with Crippen molar-refractivity contribution in [1.29, 1.82) is 0 Å². The Labute approximate surface area is 145 Å². The third kappa shape index (κ3) is 3.38. The number of thiophene rings is 1. The highest BCUT2D eigenvalue weighted by atomic mass is 79.9. The molecule has 9 heteroatoms. The smallest absolute Gasteiger partial charge is 0.392 e. The van der Waals surface area contributed by atoms with E-state index in [4.69, 9.17) is 9.05 Å². The number of hydrogen-bond acceptors (Lipinski definition) is 5. The van der Waals surface area contributed by atoms with E-state index in [9.17, 15) is 18.5 Å². The Morgan fingerprint density at radius 2 is 1.91 bits per heavy atom. The Hall–Kier alpha value is -0.370. The Morgan fingerprint density at radius 3 is 2.43 bits per heavy atom. The number of fused-ring (bicyclic) bond motifs is 1. The lowest BCUT2D eigenvalue weighted by Crippen LogP contribution is -2.17. The normalized spacial score (nSPS) is 13.0. The summed E-state index contributed by atoms with van der Waals surface area (Å²) < 4.78 is 52.6. The minimum atomic E-state index is -4.65. The topological polar surface area (TPSA) is 55.8 Å². The zero-order valence-corrected chi connectivity index (χ0v) is 15.8. The van der Waals surface area contributed by atoms with E-state index in [1.807, 2.05) is 0 Å². The third-order valence-corrected chi connectivity index (χ3v) is 7.68. The predicted molar refractivity (Wildman–Crippen MR) is 90.2 cm³/mol. The second kappa shape index (κ2) is 7.25. The summed E-state index contributed by atoms with van der Waals surface area (Å²) >= 11 is 3.98. The molecule has 0 amide bonds. The van der Waals surface area contributed by atoms with Gasteiger partial charge in [0.25, 0.3) is 0 Å². The molecule has 2 rings (SSSR count). The molecule has 0 aliphatic carbocycles. The predicted octanol–water partition coefficient (Wildman–Crippen LogP) is 5.47. The molecule has 0 atom stereocenters. The number of aliphatic hydroxyl groups is 1. The van der Waals surface area contributed by atoms with Crippen molar-refractivity contribution in [2.24, 2.45) is 0 Å². The average molecular weight is 429 g/mol. The summed E-state index contributed by atoms with van der Waals surface area (Å²) in [5.41, 5.74) is -3.18. The van der Waals surface area contributed by atoms with E-state index in [0.717, 1.165) is 11.3 Å². The van der Waals surface area contributed by atoms with Crippen molar-refractivity contribution in [1.82, 2.24) is 0 Å². The van der Waals surface area contributed by atoms with Gasteiger partial charge in [-0.1, -0.05) is 6.07 Å². The zero-order valence-electron chi connectivity index (χ0n) is 12.5. The number of benzene rings is 1. The molecule has 1 aromatic carbocycles. The van der Waals surface area contributed by atoms with Gasteiger partial charge in [-0.25, -0.2) is 0 Å². The van der Waals surface area contributed by atoms with Gasteiger partial charge in [-0.3, -0.25) is 4.57 Å². The van der Waals surface area contributed by atoms with Crippen LogP contribution >= 0.6 is 34.9 Å². The maximum absolute atomic E-state index is 14.9. The quantitative estimate of drug-likeness (QED) is 0.593. The van der Waals surface area contributed by atoms with Gasteiger partial charge in [0, 0.05) is 14.6 Å². The van der Waals surface area contributed by atoms with Crippen LogP contribution in [0.5, 0.6) is 0 Å². The van der Waals surface area contributed by atoms with Crippen LogP contribution in [0.1, 0.15) is 24.3 Å². The number of hydrogen-bond donors (Lipinski definition) is 1. The minimum absolute atomic E-state index is 0.137. The molecule has 4 nitrogen and oxygen atoms in total. The van der Waals surface area contributed by atoms with E-state index < -0.39 is 18.1 Å². The minimum Gasteiger partial charge on any atom is -0.392 e. The lowest BCUT2D eigenvalue weighted by atomic mass is 10.2. The van der Waals surface area contributed by atoms with Crippen LogP contribution < -0.4 is 0 Å². The summed E-state index contributed by atoms with van der Waals surface area (Å²) in [7, 11) is -4.65. The van der Waals surface area contributed by atoms with Crippen LogP contribution in [-0.2, 0) is 25.9 Å². The van der Waals surface area contributed by atoms with Crippen molar-refractivity contribution in [3.05, 3.63) is 33.1 Å². The molecule has 128 valence electrons. The fourth-order valence-corrected chi connectivity index (χ4v) is 6.04. The molecule has 0 radical (unpaired) electrons. The van der Waals surface area contributed by atoms with Gasteiger partial charge in [0.15, 0.2) is 0 Å². The molecule has 0 aliphatic rings. The molecule has 2 aromatic rings. The Morgan fingerprint density at radius 1 is 1.30 bits per heavy atom. The van der Waals surface area contributed by atoms with Crippen LogP contribution in [0.25, 0.3) is 10.1 Å². The summed E-state index contributed by atoms with van der Waals surface area (Å²) in [4.78, 5) is -0.409. The maximum Gasteiger partial charge on any atom is 0.405 e. The van der Waals surface area contributed by atoms with E-state index >= 15 is 0 Å². The van der Waals surface area contributed by atoms with E-state index in [1.165, 1.54) is 13.8 Å². The summed E-state index contributed by atoms with van der Waals surface area (Å²) in [6, 6.07) is 4.90. The van der Waals surface area contributed by atoms with Crippen molar-refractivity contribution >= 4 is 44.9 Å². The maximum atomic E-state index is 14.9. The first kappa shape index (κ1) is 19.0. The Bertz CT molecular complexity index is 740. The number of rotatable bonds is 7. The third-order valence-electron chi connectivity index (χ3n) is 3.09. The average Bonchev–Trinajstić information content (AvgIpc) is 2.85. The molecule has 0 spiro atoms. The van der Waals surface area contributed by atoms with Gasteiger partial charge in [0.05, 0.1) is 19.8 Å². The molecular formula is C14H16BrF2O4PS. The van der Waals surface area contributed by atoms with Crippen LogP contribution in [0.4, 0.5) is 8.78 Å². The molecular weight excluding hydrogens is 413 g/mol. The molecule has 1 heterocycles. The second-order valence-corrected chi connectivity index (χ2v) is 8.53. The van der Waals surface area contributed by atoms with Crippen LogP contribution in [0, 0.1) is 0 Å². The Kier molecular flexibility index (Phi) is 5.98. The van der Waals surface area contributed by atoms with Crippen molar-refractivity contribution in [2.45, 2.75) is 26.1 Å². The standard InChI is InChI=1S/C14H16BrF2O4PS/c1-3-20-22(19,21-4-2)14(16,17)13-12(15)10-7-9(8-18)5-6-11(10)23-13/h5-7,18H,3-4,8H2,1-2H3. The summed E-state index contributed by atoms with van der Waals surface area (Å²) in [6.07, 6.45) is 0. The molecule has 0 bridgehead atoms. The van der Waals surface area contributed by atoms with Gasteiger partial charge in [-0.2, -0.15) is 8.78 Å². The Balaban J connectivity index is 2.60. The van der Waals surface area contributed by atoms with Crippen molar-refractivity contribution in [3.8, 4) is 0 Å². The van der Waals surface area contributed by atoms with Gasteiger partial charge in [-0.15, -0.1) is 11.3 Å². The van der Waals surface area contributed by atoms with Gasteiger partial charge in [-0.05, 0) is 47.5 Å². The summed E-state index contributed by atoms with van der Waals surface area (Å²) in [5, 5.41) is 9.70. The number of alkyl halides is 2. The first-order valence-electron chi connectivity index (χ1n) is 6.90. The first-order valence-corrected chi connectivity index (χ1v) is 10.0. The molecule has 1 aromatic heterocycles. The fourth-order valence-electron chi connectivity index (χ4n) is 2.07. The van der Waals surface area contributed by atoms with Gasteiger partial charge in [0.2, 0.25) is 0 Å². The molecule has 0 saturated heterocycles. The van der Waals surface area contributed by atoms with Crippen molar-refractivity contribution < 1.29 is 27.5 Å². The van der Waals surface area contributed by atoms with E-state index in [1.54, 1.807) is 18.2 Å². The highest BCUT2D eigenvalue weighted by Crippen LogP contribution is 2.69. The van der Waals surface area contributed by atoms with E-state index in [-0.39, 0.29) is 24.3 Å². The van der Waals surface area contributed by atoms with Crippen LogP contribution in [-0.4, -0.2) is 18.3 Å². The molecule has 0 unspecified atom stereocenters. The van der Waals surface area contributed by atoms with Gasteiger partial charge in [0.1, 0.15) is 4.88 Å². The fraction of sp³-hybridized carbons (Fsp3) is 0.429. The SMILES string of the molecule is CCOP(=O)(OCC)C(F)(F)c1sc2ccc(CO)cc2c1Br. The summed E-state index contributed by atoms with van der Waals surface area (Å²) in [5.74, 6) is 0. The zero-order chi connectivity index (χ0) is 17.3. The largest absolute Gasteiger partial charge is 0.405 e. The lowest BCUT2D eigenvalue weighted by molar-refractivity contribution is 0.0387. The highest BCUT2D eigenvalue weighted by Gasteiger charge is 2.57. The molecule has 0 fully saturated rings. The van der Waals surface area contributed by atoms with Crippen molar-refractivity contribution in [3.63, 3.8) is 0 Å². The highest BCUT2D eigenvalue weighted by molar-refractivity contribution is 9.10. The van der Waals surface area contributed by atoms with Crippen LogP contribution in [0.15, 0.2) is 22.7 Å². The number of halogens is 3. The summed E-state index contributed by atoms with van der Waals surface area (Å²) in [6.45, 7) is 2.47. The van der Waals surface area contributed by atoms with Gasteiger partial charge < -0.3 is 14.2 Å². The molecule has 0 saturated carbocycles. The van der Waals surface area contributed by atoms with E-state index in [2.05, 4.69) is 15.9 Å². The number of aliphatic hydroxyl groups excluding tert-OH is 1. The van der Waals surface area contributed by atoms with Crippen LogP contribution in [0.3, 0.4) is 0 Å². The monoisotopic (exact) mass is 428 g/mol. The molecule has 0 aliphatic heterocycles. The second-order valence-electron chi connectivity index (χ2n) is 4.61. The first-order chi connectivity index (χ1) is 10.8. The lowest BCUT2D eigenvalue weighted by Gasteiger charge is -2.25. The van der Waals surface area contributed by atoms with Gasteiger partial charge >= 0.3 is 13.3 Å². The molecule has 1 N–H and O–H groups in total. The molecule has 23 heavy (non-hydrogen) atoms. The van der Waals surface area contributed by atoms with Crippen molar-refractivity contribution in [2.75, 3.05) is 13.2 Å². The van der Waals surface area contributed by atoms with E-state index in [0.29, 0.717) is 15.6 Å².